The molecular formula is C22H20N4O2S. The smallest absolute Gasteiger partial charge is 0.263 e. The summed E-state index contributed by atoms with van der Waals surface area (Å²) in [6.07, 6.45) is 4.17. The third kappa shape index (κ3) is 4.41. The van der Waals surface area contributed by atoms with Crippen LogP contribution in [0.2, 0.25) is 0 Å². The van der Waals surface area contributed by atoms with Gasteiger partial charge in [0.1, 0.15) is 21.2 Å². The number of pyridine rings is 2. The normalized spacial score (nSPS) is 10.8. The van der Waals surface area contributed by atoms with E-state index in [2.05, 4.69) is 20.3 Å². The minimum Gasteiger partial charge on any atom is -0.491 e. The van der Waals surface area contributed by atoms with Gasteiger partial charge in [-0.3, -0.25) is 14.8 Å². The number of nitrogens with one attached hydrogen (secondary N) is 1. The molecular weight excluding hydrogens is 384 g/mol. The molecule has 7 heteroatoms. The Morgan fingerprint density at radius 2 is 1.93 bits per heavy atom. The van der Waals surface area contributed by atoms with Crippen LogP contribution in [0.15, 0.2) is 60.9 Å². The molecule has 0 spiro atoms. The predicted molar refractivity (Wildman–Crippen MR) is 114 cm³/mol. The number of fused-ring (bicyclic) bond motifs is 1. The number of thiazole rings is 1. The van der Waals surface area contributed by atoms with Crippen LogP contribution in [0.25, 0.3) is 21.6 Å². The number of aromatic nitrogens is 3. The van der Waals surface area contributed by atoms with Gasteiger partial charge in [-0.25, -0.2) is 4.98 Å². The topological polar surface area (TPSA) is 77.0 Å². The first-order valence-electron chi connectivity index (χ1n) is 9.36. The van der Waals surface area contributed by atoms with E-state index in [0.29, 0.717) is 30.1 Å². The summed E-state index contributed by atoms with van der Waals surface area (Å²) in [5, 5.41) is 4.74. The summed E-state index contributed by atoms with van der Waals surface area (Å²) in [5.74, 6) is 0.640. The summed E-state index contributed by atoms with van der Waals surface area (Å²) in [4.78, 5) is 26.3. The van der Waals surface area contributed by atoms with Crippen LogP contribution in [-0.4, -0.2) is 34.0 Å². The van der Waals surface area contributed by atoms with Crippen LogP contribution < -0.4 is 10.1 Å². The van der Waals surface area contributed by atoms with Crippen molar-refractivity contribution in [2.24, 2.45) is 0 Å². The fourth-order valence-electron chi connectivity index (χ4n) is 2.94. The molecule has 29 heavy (non-hydrogen) atoms. The minimum absolute atomic E-state index is 0.117. The Balaban J connectivity index is 1.30. The first-order valence-corrected chi connectivity index (χ1v) is 10.2. The summed E-state index contributed by atoms with van der Waals surface area (Å²) in [5.41, 5.74) is 2.34. The van der Waals surface area contributed by atoms with Gasteiger partial charge in [0.05, 0.1) is 18.0 Å². The molecule has 4 aromatic rings. The molecule has 0 fully saturated rings. The van der Waals surface area contributed by atoms with Crippen LogP contribution in [0.5, 0.6) is 5.75 Å². The molecule has 1 N–H and O–H groups in total. The minimum atomic E-state index is -0.117. The number of hydrogen-bond donors (Lipinski definition) is 1. The van der Waals surface area contributed by atoms with Gasteiger partial charge in [-0.1, -0.05) is 24.3 Å². The van der Waals surface area contributed by atoms with Crippen molar-refractivity contribution in [3.8, 4) is 16.5 Å². The molecule has 0 aliphatic rings. The van der Waals surface area contributed by atoms with E-state index in [1.807, 2.05) is 55.5 Å². The van der Waals surface area contributed by atoms with Crippen molar-refractivity contribution in [2.45, 2.75) is 13.3 Å². The van der Waals surface area contributed by atoms with Crippen molar-refractivity contribution in [1.29, 1.82) is 0 Å². The highest BCUT2D eigenvalue weighted by Gasteiger charge is 2.16. The maximum Gasteiger partial charge on any atom is 0.263 e. The number of nitrogens with zero attached hydrogens (tertiary/aromatic N) is 3. The first kappa shape index (κ1) is 19.0. The second-order valence-corrected chi connectivity index (χ2v) is 7.44. The zero-order valence-corrected chi connectivity index (χ0v) is 16.8. The zero-order chi connectivity index (χ0) is 20.1. The quantitative estimate of drug-likeness (QED) is 0.466. The molecule has 0 aliphatic heterocycles. The number of carbonyl (C=O) groups excluding carboxylic acids is 1. The van der Waals surface area contributed by atoms with E-state index in [-0.39, 0.29) is 5.91 Å². The lowest BCUT2D eigenvalue weighted by Gasteiger charge is -2.09. The van der Waals surface area contributed by atoms with Crippen molar-refractivity contribution in [3.63, 3.8) is 0 Å². The van der Waals surface area contributed by atoms with Gasteiger partial charge in [-0.15, -0.1) is 11.3 Å². The Bertz CT molecular complexity index is 1120. The SMILES string of the molecule is Cc1nc(-c2ccccn2)sc1C(=O)NCCCOc1cccc2cccnc12. The molecule has 0 saturated heterocycles. The van der Waals surface area contributed by atoms with Gasteiger partial charge in [0.15, 0.2) is 0 Å². The molecule has 0 atom stereocenters. The number of carbonyl (C=O) groups is 1. The summed E-state index contributed by atoms with van der Waals surface area (Å²) in [6, 6.07) is 15.4. The average molecular weight is 404 g/mol. The first-order chi connectivity index (χ1) is 14.2. The molecule has 0 radical (unpaired) electrons. The largest absolute Gasteiger partial charge is 0.491 e. The van der Waals surface area contributed by atoms with E-state index < -0.39 is 0 Å². The third-order valence-electron chi connectivity index (χ3n) is 4.35. The van der Waals surface area contributed by atoms with Crippen LogP contribution in [0.1, 0.15) is 21.8 Å². The Hall–Kier alpha value is -3.32. The molecule has 4 rings (SSSR count). The number of ether oxygens (including phenoxy) is 1. The Morgan fingerprint density at radius 1 is 1.07 bits per heavy atom. The van der Waals surface area contributed by atoms with Gasteiger partial charge < -0.3 is 10.1 Å². The van der Waals surface area contributed by atoms with E-state index in [0.717, 1.165) is 27.4 Å². The number of rotatable bonds is 7. The van der Waals surface area contributed by atoms with Crippen molar-refractivity contribution < 1.29 is 9.53 Å². The average Bonchev–Trinajstić information content (AvgIpc) is 3.16. The number of benzene rings is 1. The predicted octanol–water partition coefficient (Wildman–Crippen LogP) is 4.26. The molecule has 146 valence electrons. The lowest BCUT2D eigenvalue weighted by atomic mass is 10.2. The lowest BCUT2D eigenvalue weighted by molar-refractivity contribution is 0.0955. The fourth-order valence-corrected chi connectivity index (χ4v) is 3.89. The van der Waals surface area contributed by atoms with Gasteiger partial charge in [-0.05, 0) is 37.6 Å². The second-order valence-electron chi connectivity index (χ2n) is 6.44. The molecule has 1 aromatic carbocycles. The summed E-state index contributed by atoms with van der Waals surface area (Å²) < 4.78 is 5.86. The van der Waals surface area contributed by atoms with Crippen molar-refractivity contribution in [3.05, 3.63) is 71.5 Å². The molecule has 1 amide bonds. The van der Waals surface area contributed by atoms with Crippen LogP contribution in [0.3, 0.4) is 0 Å². The van der Waals surface area contributed by atoms with Crippen molar-refractivity contribution >= 4 is 28.1 Å². The van der Waals surface area contributed by atoms with Gasteiger partial charge in [0, 0.05) is 24.3 Å². The van der Waals surface area contributed by atoms with E-state index >= 15 is 0 Å². The fraction of sp³-hybridized carbons (Fsp3) is 0.182. The van der Waals surface area contributed by atoms with Crippen molar-refractivity contribution in [2.75, 3.05) is 13.2 Å². The molecule has 0 unspecified atom stereocenters. The number of amides is 1. The van der Waals surface area contributed by atoms with Crippen LogP contribution in [0.4, 0.5) is 0 Å². The molecule has 3 aromatic heterocycles. The van der Waals surface area contributed by atoms with Gasteiger partial charge >= 0.3 is 0 Å². The maximum atomic E-state index is 12.5. The summed E-state index contributed by atoms with van der Waals surface area (Å²) in [7, 11) is 0. The third-order valence-corrected chi connectivity index (χ3v) is 5.53. The Kier molecular flexibility index (Phi) is 5.76. The molecule has 3 heterocycles. The summed E-state index contributed by atoms with van der Waals surface area (Å²) >= 11 is 1.36. The Labute approximate surface area is 172 Å². The maximum absolute atomic E-state index is 12.5. The van der Waals surface area contributed by atoms with Crippen LogP contribution in [0, 0.1) is 6.92 Å². The lowest BCUT2D eigenvalue weighted by Crippen LogP contribution is -2.25. The van der Waals surface area contributed by atoms with Crippen molar-refractivity contribution in [1.82, 2.24) is 20.3 Å². The summed E-state index contributed by atoms with van der Waals surface area (Å²) in [6.45, 7) is 2.86. The van der Waals surface area contributed by atoms with Gasteiger partial charge in [0.2, 0.25) is 0 Å². The monoisotopic (exact) mass is 404 g/mol. The highest BCUT2D eigenvalue weighted by molar-refractivity contribution is 7.17. The molecule has 0 bridgehead atoms. The number of para-hydroxylation sites is 1. The zero-order valence-electron chi connectivity index (χ0n) is 16.0. The van der Waals surface area contributed by atoms with E-state index in [9.17, 15) is 4.79 Å². The second kappa shape index (κ2) is 8.79. The molecule has 0 aliphatic carbocycles. The van der Waals surface area contributed by atoms with E-state index in [4.69, 9.17) is 4.74 Å². The number of aryl methyl sites for hydroxylation is 1. The van der Waals surface area contributed by atoms with Gasteiger partial charge in [-0.2, -0.15) is 0 Å². The highest BCUT2D eigenvalue weighted by atomic mass is 32.1. The van der Waals surface area contributed by atoms with E-state index in [1.54, 1.807) is 12.4 Å². The standard InChI is InChI=1S/C22H20N4O2S/c1-15-20(29-22(26-15)17-9-2-3-11-23-17)21(27)25-13-6-14-28-18-10-4-7-16-8-5-12-24-19(16)18/h2-5,7-12H,6,13-14H2,1H3,(H,25,27). The highest BCUT2D eigenvalue weighted by Crippen LogP contribution is 2.26. The Morgan fingerprint density at radius 3 is 2.79 bits per heavy atom. The van der Waals surface area contributed by atoms with Gasteiger partial charge in [0.25, 0.3) is 5.91 Å². The number of hydrogen-bond acceptors (Lipinski definition) is 6. The van der Waals surface area contributed by atoms with Crippen LogP contribution >= 0.6 is 11.3 Å². The molecule has 0 saturated carbocycles. The van der Waals surface area contributed by atoms with Crippen LogP contribution in [-0.2, 0) is 0 Å². The van der Waals surface area contributed by atoms with E-state index in [1.165, 1.54) is 11.3 Å². The molecule has 6 nitrogen and oxygen atoms in total.